The Morgan fingerprint density at radius 3 is 2.79 bits per heavy atom. The molecule has 0 saturated heterocycles. The summed E-state index contributed by atoms with van der Waals surface area (Å²) in [6, 6.07) is 4.82. The van der Waals surface area contributed by atoms with Crippen LogP contribution in [0.5, 0.6) is 0 Å². The second-order valence-electron chi connectivity index (χ2n) is 4.14. The molecule has 0 bridgehead atoms. The molecule has 0 aliphatic rings. The molecule has 98 valence electrons. The highest BCUT2D eigenvalue weighted by atomic mass is 19.1. The van der Waals surface area contributed by atoms with Crippen molar-refractivity contribution in [2.24, 2.45) is 0 Å². The first-order chi connectivity index (χ1) is 8.97. The number of carboxylic acid groups (broad SMARTS) is 1. The van der Waals surface area contributed by atoms with Gasteiger partial charge in [-0.15, -0.1) is 0 Å². The highest BCUT2D eigenvalue weighted by molar-refractivity contribution is 5.89. The first-order valence-corrected chi connectivity index (χ1v) is 5.53. The third kappa shape index (κ3) is 2.85. The van der Waals surface area contributed by atoms with Gasteiger partial charge in [0, 0.05) is 6.07 Å². The largest absolute Gasteiger partial charge is 0.478 e. The minimum Gasteiger partial charge on any atom is -0.478 e. The molecule has 0 fully saturated rings. The number of carbonyl (C=O) groups is 1. The Morgan fingerprint density at radius 1 is 1.42 bits per heavy atom. The molecule has 6 heteroatoms. The number of hydrogen-bond acceptors (Lipinski definition) is 3. The van der Waals surface area contributed by atoms with Crippen molar-refractivity contribution < 1.29 is 14.3 Å². The van der Waals surface area contributed by atoms with Gasteiger partial charge in [-0.05, 0) is 30.2 Å². The maximum atomic E-state index is 13.0. The van der Waals surface area contributed by atoms with Crippen molar-refractivity contribution in [2.45, 2.75) is 13.5 Å². The SMILES string of the molecule is Cc1cnn(Cc2ccc(F)cc2C(=O)O)c(=O)c1. The van der Waals surface area contributed by atoms with E-state index in [1.165, 1.54) is 18.3 Å². The van der Waals surface area contributed by atoms with Gasteiger partial charge in [-0.1, -0.05) is 6.07 Å². The number of aromatic nitrogens is 2. The van der Waals surface area contributed by atoms with Crippen LogP contribution in [0, 0.1) is 12.7 Å². The summed E-state index contributed by atoms with van der Waals surface area (Å²) in [5.41, 5.74) is 0.543. The maximum absolute atomic E-state index is 13.0. The molecule has 0 amide bonds. The smallest absolute Gasteiger partial charge is 0.336 e. The number of hydrogen-bond donors (Lipinski definition) is 1. The first kappa shape index (κ1) is 12.9. The summed E-state index contributed by atoms with van der Waals surface area (Å²) in [7, 11) is 0. The summed E-state index contributed by atoms with van der Waals surface area (Å²) in [5.74, 6) is -1.87. The predicted molar refractivity (Wildman–Crippen MR) is 65.7 cm³/mol. The van der Waals surface area contributed by atoms with Gasteiger partial charge in [-0.2, -0.15) is 5.10 Å². The van der Waals surface area contributed by atoms with Crippen LogP contribution in [-0.2, 0) is 6.54 Å². The molecule has 0 aliphatic heterocycles. The second-order valence-corrected chi connectivity index (χ2v) is 4.14. The highest BCUT2D eigenvalue weighted by Gasteiger charge is 2.12. The summed E-state index contributed by atoms with van der Waals surface area (Å²) in [6.45, 7) is 1.72. The normalized spacial score (nSPS) is 10.4. The lowest BCUT2D eigenvalue weighted by Crippen LogP contribution is -2.23. The van der Waals surface area contributed by atoms with Gasteiger partial charge in [-0.3, -0.25) is 4.79 Å². The Bertz CT molecular complexity index is 695. The van der Waals surface area contributed by atoms with E-state index in [1.54, 1.807) is 6.92 Å². The maximum Gasteiger partial charge on any atom is 0.336 e. The standard InChI is InChI=1S/C13H11FN2O3/c1-8-4-12(17)16(15-6-8)7-9-2-3-10(14)5-11(9)13(18)19/h2-6H,7H2,1H3,(H,18,19). The molecule has 0 saturated carbocycles. The van der Waals surface area contributed by atoms with Crippen LogP contribution < -0.4 is 5.56 Å². The van der Waals surface area contributed by atoms with Crippen LogP contribution in [0.2, 0.25) is 0 Å². The molecule has 0 unspecified atom stereocenters. The van der Waals surface area contributed by atoms with Crippen molar-refractivity contribution in [3.05, 3.63) is 63.3 Å². The van der Waals surface area contributed by atoms with E-state index in [1.807, 2.05) is 0 Å². The molecule has 1 N–H and O–H groups in total. The van der Waals surface area contributed by atoms with Gasteiger partial charge in [0.25, 0.3) is 5.56 Å². The number of nitrogens with zero attached hydrogens (tertiary/aromatic N) is 2. The summed E-state index contributed by atoms with van der Waals surface area (Å²) in [6.07, 6.45) is 1.51. The van der Waals surface area contributed by atoms with Gasteiger partial charge >= 0.3 is 5.97 Å². The van der Waals surface area contributed by atoms with E-state index >= 15 is 0 Å². The molecule has 0 aliphatic carbocycles. The Hall–Kier alpha value is -2.50. The third-order valence-electron chi connectivity index (χ3n) is 2.63. The average Bonchev–Trinajstić information content (AvgIpc) is 2.34. The number of aryl methyl sites for hydroxylation is 1. The first-order valence-electron chi connectivity index (χ1n) is 5.53. The van der Waals surface area contributed by atoms with Crippen molar-refractivity contribution in [2.75, 3.05) is 0 Å². The number of benzene rings is 1. The predicted octanol–water partition coefficient (Wildman–Crippen LogP) is 1.44. The lowest BCUT2D eigenvalue weighted by Gasteiger charge is -2.08. The van der Waals surface area contributed by atoms with E-state index in [9.17, 15) is 14.0 Å². The zero-order valence-electron chi connectivity index (χ0n) is 10.1. The van der Waals surface area contributed by atoms with Crippen LogP contribution in [-0.4, -0.2) is 20.9 Å². The van der Waals surface area contributed by atoms with E-state index in [-0.39, 0.29) is 17.7 Å². The average molecular weight is 262 g/mol. The third-order valence-corrected chi connectivity index (χ3v) is 2.63. The molecular formula is C13H11FN2O3. The quantitative estimate of drug-likeness (QED) is 0.908. The number of carboxylic acids is 1. The van der Waals surface area contributed by atoms with Gasteiger partial charge < -0.3 is 5.11 Å². The van der Waals surface area contributed by atoms with Crippen molar-refractivity contribution in [1.82, 2.24) is 9.78 Å². The topological polar surface area (TPSA) is 72.2 Å². The monoisotopic (exact) mass is 262 g/mol. The molecule has 0 radical (unpaired) electrons. The van der Waals surface area contributed by atoms with E-state index in [0.717, 1.165) is 22.4 Å². The van der Waals surface area contributed by atoms with Gasteiger partial charge in [0.1, 0.15) is 5.82 Å². The lowest BCUT2D eigenvalue weighted by atomic mass is 10.1. The fraction of sp³-hybridized carbons (Fsp3) is 0.154. The molecule has 2 aromatic rings. The van der Waals surface area contributed by atoms with Crippen molar-refractivity contribution in [1.29, 1.82) is 0 Å². The van der Waals surface area contributed by atoms with Crippen LogP contribution >= 0.6 is 0 Å². The molecule has 0 atom stereocenters. The Labute approximate surface area is 107 Å². The Kier molecular flexibility index (Phi) is 3.41. The van der Waals surface area contributed by atoms with Gasteiger partial charge in [-0.25, -0.2) is 13.9 Å². The van der Waals surface area contributed by atoms with E-state index in [2.05, 4.69) is 5.10 Å². The minimum atomic E-state index is -1.24. The number of aromatic carboxylic acids is 1. The van der Waals surface area contributed by atoms with Crippen molar-refractivity contribution in [3.63, 3.8) is 0 Å². The molecule has 5 nitrogen and oxygen atoms in total. The van der Waals surface area contributed by atoms with E-state index < -0.39 is 11.8 Å². The van der Waals surface area contributed by atoms with Crippen molar-refractivity contribution >= 4 is 5.97 Å². The molecule has 2 rings (SSSR count). The van der Waals surface area contributed by atoms with Crippen LogP contribution in [0.15, 0.2) is 35.3 Å². The molecule has 1 aromatic heterocycles. The fourth-order valence-corrected chi connectivity index (χ4v) is 1.69. The molecule has 19 heavy (non-hydrogen) atoms. The number of rotatable bonds is 3. The molecule has 1 aromatic carbocycles. The van der Waals surface area contributed by atoms with Crippen LogP contribution in [0.3, 0.4) is 0 Å². The molecule has 0 spiro atoms. The molecule has 1 heterocycles. The van der Waals surface area contributed by atoms with Gasteiger partial charge in [0.05, 0.1) is 18.3 Å². The van der Waals surface area contributed by atoms with Crippen LogP contribution in [0.1, 0.15) is 21.5 Å². The summed E-state index contributed by atoms with van der Waals surface area (Å²) < 4.78 is 14.2. The lowest BCUT2D eigenvalue weighted by molar-refractivity contribution is 0.0695. The van der Waals surface area contributed by atoms with Crippen LogP contribution in [0.25, 0.3) is 0 Å². The zero-order chi connectivity index (χ0) is 14.0. The highest BCUT2D eigenvalue weighted by Crippen LogP contribution is 2.12. The van der Waals surface area contributed by atoms with Gasteiger partial charge in [0.2, 0.25) is 0 Å². The fourth-order valence-electron chi connectivity index (χ4n) is 1.69. The van der Waals surface area contributed by atoms with Gasteiger partial charge in [0.15, 0.2) is 0 Å². The summed E-state index contributed by atoms with van der Waals surface area (Å²) in [4.78, 5) is 22.7. The van der Waals surface area contributed by atoms with E-state index in [0.29, 0.717) is 5.56 Å². The Morgan fingerprint density at radius 2 is 2.16 bits per heavy atom. The minimum absolute atomic E-state index is 0.0129. The second kappa shape index (κ2) is 5.01. The zero-order valence-corrected chi connectivity index (χ0v) is 10.1. The summed E-state index contributed by atoms with van der Waals surface area (Å²) >= 11 is 0. The van der Waals surface area contributed by atoms with Crippen molar-refractivity contribution in [3.8, 4) is 0 Å². The summed E-state index contributed by atoms with van der Waals surface area (Å²) in [5, 5.41) is 12.9. The number of halogens is 1. The van der Waals surface area contributed by atoms with Crippen LogP contribution in [0.4, 0.5) is 4.39 Å². The van der Waals surface area contributed by atoms with E-state index in [4.69, 9.17) is 5.11 Å². The Balaban J connectivity index is 2.43. The molecular weight excluding hydrogens is 251 g/mol.